The highest BCUT2D eigenvalue weighted by molar-refractivity contribution is 6.21. The van der Waals surface area contributed by atoms with Crippen molar-refractivity contribution in [2.24, 2.45) is 0 Å². The summed E-state index contributed by atoms with van der Waals surface area (Å²) in [4.78, 5) is 26.2. The highest BCUT2D eigenvalue weighted by Crippen LogP contribution is 2.27. The number of rotatable bonds is 4. The lowest BCUT2D eigenvalue weighted by atomic mass is 9.94. The zero-order chi connectivity index (χ0) is 15.7. The summed E-state index contributed by atoms with van der Waals surface area (Å²) >= 11 is 0. The SMILES string of the molecule is CCc1ccccc1C(C)CN1C(=O)c2ccccc2C1=O. The van der Waals surface area contributed by atoms with Crippen molar-refractivity contribution in [3.63, 3.8) is 0 Å². The maximum atomic E-state index is 12.4. The zero-order valence-electron chi connectivity index (χ0n) is 12.9. The van der Waals surface area contributed by atoms with Crippen LogP contribution < -0.4 is 0 Å². The molecule has 22 heavy (non-hydrogen) atoms. The van der Waals surface area contributed by atoms with Gasteiger partial charge in [-0.05, 0) is 35.6 Å². The molecule has 112 valence electrons. The van der Waals surface area contributed by atoms with Gasteiger partial charge in [-0.15, -0.1) is 0 Å². The molecule has 2 amide bonds. The Morgan fingerprint density at radius 1 is 0.909 bits per heavy atom. The molecule has 0 aliphatic carbocycles. The van der Waals surface area contributed by atoms with Crippen molar-refractivity contribution in [3.8, 4) is 0 Å². The number of aryl methyl sites for hydroxylation is 1. The van der Waals surface area contributed by atoms with Gasteiger partial charge in [0.05, 0.1) is 11.1 Å². The first kappa shape index (κ1) is 14.5. The predicted octanol–water partition coefficient (Wildman–Crippen LogP) is 3.65. The van der Waals surface area contributed by atoms with Crippen molar-refractivity contribution in [2.45, 2.75) is 26.2 Å². The number of imide groups is 1. The minimum Gasteiger partial charge on any atom is -0.274 e. The molecule has 1 unspecified atom stereocenters. The molecule has 0 saturated carbocycles. The van der Waals surface area contributed by atoms with Crippen LogP contribution in [0.4, 0.5) is 0 Å². The molecule has 0 radical (unpaired) electrons. The van der Waals surface area contributed by atoms with Gasteiger partial charge in [-0.25, -0.2) is 0 Å². The van der Waals surface area contributed by atoms with Gasteiger partial charge in [0.1, 0.15) is 0 Å². The van der Waals surface area contributed by atoms with E-state index in [0.29, 0.717) is 17.7 Å². The van der Waals surface area contributed by atoms with Crippen LogP contribution in [0.25, 0.3) is 0 Å². The number of carbonyl (C=O) groups is 2. The van der Waals surface area contributed by atoms with Crippen LogP contribution in [0.2, 0.25) is 0 Å². The fourth-order valence-corrected chi connectivity index (χ4v) is 3.11. The van der Waals surface area contributed by atoms with E-state index in [4.69, 9.17) is 0 Å². The maximum absolute atomic E-state index is 12.4. The van der Waals surface area contributed by atoms with E-state index < -0.39 is 0 Å². The second-order valence-corrected chi connectivity index (χ2v) is 5.72. The normalized spacial score (nSPS) is 15.1. The van der Waals surface area contributed by atoms with E-state index in [1.165, 1.54) is 16.0 Å². The molecule has 3 nitrogen and oxygen atoms in total. The van der Waals surface area contributed by atoms with Gasteiger partial charge >= 0.3 is 0 Å². The quantitative estimate of drug-likeness (QED) is 0.807. The second kappa shape index (κ2) is 5.76. The van der Waals surface area contributed by atoms with Crippen LogP contribution in [0.3, 0.4) is 0 Å². The molecule has 1 aliphatic rings. The summed E-state index contributed by atoms with van der Waals surface area (Å²) in [5.41, 5.74) is 3.51. The van der Waals surface area contributed by atoms with E-state index in [2.05, 4.69) is 26.0 Å². The Balaban J connectivity index is 1.85. The van der Waals surface area contributed by atoms with Crippen LogP contribution >= 0.6 is 0 Å². The van der Waals surface area contributed by atoms with E-state index in [9.17, 15) is 9.59 Å². The van der Waals surface area contributed by atoms with Crippen molar-refractivity contribution in [3.05, 3.63) is 70.8 Å². The second-order valence-electron chi connectivity index (χ2n) is 5.72. The first-order valence-corrected chi connectivity index (χ1v) is 7.66. The van der Waals surface area contributed by atoms with Gasteiger partial charge in [0.15, 0.2) is 0 Å². The summed E-state index contributed by atoms with van der Waals surface area (Å²) in [5, 5.41) is 0. The first-order chi connectivity index (χ1) is 10.6. The monoisotopic (exact) mass is 293 g/mol. The molecule has 0 spiro atoms. The van der Waals surface area contributed by atoms with Gasteiger partial charge in [0.25, 0.3) is 11.8 Å². The topological polar surface area (TPSA) is 37.4 Å². The molecule has 1 heterocycles. The standard InChI is InChI=1S/C19H19NO2/c1-3-14-8-4-5-9-15(14)13(2)12-20-18(21)16-10-6-7-11-17(16)19(20)22/h4-11,13H,3,12H2,1-2H3. The average molecular weight is 293 g/mol. The highest BCUT2D eigenvalue weighted by atomic mass is 16.2. The molecule has 1 aliphatic heterocycles. The Kier molecular flexibility index (Phi) is 3.80. The number of nitrogens with zero attached hydrogens (tertiary/aromatic N) is 1. The number of hydrogen-bond donors (Lipinski definition) is 0. The minimum atomic E-state index is -0.179. The van der Waals surface area contributed by atoms with E-state index >= 15 is 0 Å². The fraction of sp³-hybridized carbons (Fsp3) is 0.263. The summed E-state index contributed by atoms with van der Waals surface area (Å²) in [7, 11) is 0. The molecule has 2 aromatic carbocycles. The van der Waals surface area contributed by atoms with Gasteiger partial charge in [-0.2, -0.15) is 0 Å². The number of fused-ring (bicyclic) bond motifs is 1. The maximum Gasteiger partial charge on any atom is 0.261 e. The van der Waals surface area contributed by atoms with Crippen molar-refractivity contribution >= 4 is 11.8 Å². The third kappa shape index (κ3) is 2.33. The molecule has 0 bridgehead atoms. The van der Waals surface area contributed by atoms with Crippen LogP contribution in [0.5, 0.6) is 0 Å². The number of amides is 2. The van der Waals surface area contributed by atoms with Crippen LogP contribution in [0, 0.1) is 0 Å². The van der Waals surface area contributed by atoms with E-state index in [-0.39, 0.29) is 17.7 Å². The number of carbonyl (C=O) groups excluding carboxylic acids is 2. The van der Waals surface area contributed by atoms with E-state index in [1.54, 1.807) is 24.3 Å². The Labute approximate surface area is 130 Å². The Morgan fingerprint density at radius 3 is 2.05 bits per heavy atom. The molecular formula is C19H19NO2. The number of benzene rings is 2. The smallest absolute Gasteiger partial charge is 0.261 e. The molecule has 1 atom stereocenters. The largest absolute Gasteiger partial charge is 0.274 e. The van der Waals surface area contributed by atoms with Gasteiger partial charge in [-0.3, -0.25) is 14.5 Å². The summed E-state index contributed by atoms with van der Waals surface area (Å²) < 4.78 is 0. The highest BCUT2D eigenvalue weighted by Gasteiger charge is 2.35. The predicted molar refractivity (Wildman–Crippen MR) is 86.0 cm³/mol. The summed E-state index contributed by atoms with van der Waals surface area (Å²) in [6.45, 7) is 4.61. The fourth-order valence-electron chi connectivity index (χ4n) is 3.11. The molecule has 3 heteroatoms. The lowest BCUT2D eigenvalue weighted by molar-refractivity contribution is 0.0646. The van der Waals surface area contributed by atoms with Gasteiger partial charge in [0.2, 0.25) is 0 Å². The molecule has 2 aromatic rings. The molecule has 0 fully saturated rings. The lowest BCUT2D eigenvalue weighted by Gasteiger charge is -2.21. The first-order valence-electron chi connectivity index (χ1n) is 7.66. The molecular weight excluding hydrogens is 274 g/mol. The van der Waals surface area contributed by atoms with Gasteiger partial charge < -0.3 is 0 Å². The van der Waals surface area contributed by atoms with Crippen LogP contribution in [-0.2, 0) is 6.42 Å². The summed E-state index contributed by atoms with van der Waals surface area (Å²) in [6.07, 6.45) is 0.947. The van der Waals surface area contributed by atoms with Crippen LogP contribution in [0.1, 0.15) is 51.6 Å². The number of hydrogen-bond acceptors (Lipinski definition) is 2. The zero-order valence-corrected chi connectivity index (χ0v) is 12.9. The summed E-state index contributed by atoms with van der Waals surface area (Å²) in [5.74, 6) is -0.235. The van der Waals surface area contributed by atoms with Crippen molar-refractivity contribution < 1.29 is 9.59 Å². The van der Waals surface area contributed by atoms with Gasteiger partial charge in [0, 0.05) is 6.54 Å². The molecule has 0 saturated heterocycles. The summed E-state index contributed by atoms with van der Waals surface area (Å²) in [6, 6.07) is 15.3. The van der Waals surface area contributed by atoms with E-state index in [1.807, 2.05) is 12.1 Å². The van der Waals surface area contributed by atoms with Crippen molar-refractivity contribution in [1.82, 2.24) is 4.90 Å². The minimum absolute atomic E-state index is 0.123. The average Bonchev–Trinajstić information content (AvgIpc) is 2.80. The van der Waals surface area contributed by atoms with Crippen LogP contribution in [-0.4, -0.2) is 23.3 Å². The van der Waals surface area contributed by atoms with E-state index in [0.717, 1.165) is 6.42 Å². The molecule has 0 aromatic heterocycles. The third-order valence-corrected chi connectivity index (χ3v) is 4.30. The Hall–Kier alpha value is -2.42. The van der Waals surface area contributed by atoms with Crippen molar-refractivity contribution in [2.75, 3.05) is 6.54 Å². The molecule has 0 N–H and O–H groups in total. The van der Waals surface area contributed by atoms with Crippen LogP contribution in [0.15, 0.2) is 48.5 Å². The lowest BCUT2D eigenvalue weighted by Crippen LogP contribution is -2.33. The molecule has 3 rings (SSSR count). The van der Waals surface area contributed by atoms with Gasteiger partial charge in [-0.1, -0.05) is 50.2 Å². The van der Waals surface area contributed by atoms with Crippen molar-refractivity contribution in [1.29, 1.82) is 0 Å². The Bertz CT molecular complexity index is 701. The Morgan fingerprint density at radius 2 is 1.45 bits per heavy atom. The third-order valence-electron chi connectivity index (χ3n) is 4.30.